The maximum atomic E-state index is 11.5. The molecule has 18 heavy (non-hydrogen) atoms. The van der Waals surface area contributed by atoms with Crippen molar-refractivity contribution in [2.45, 2.75) is 57.0 Å². The van der Waals surface area contributed by atoms with E-state index in [1.807, 2.05) is 0 Å². The number of carbonyl (C=O) groups is 2. The molecule has 0 bridgehead atoms. The molecule has 0 aromatic carbocycles. The van der Waals surface area contributed by atoms with Crippen molar-refractivity contribution in [2.75, 3.05) is 0 Å². The Bertz CT molecular complexity index is 371. The molecule has 7 nitrogen and oxygen atoms in total. The molecule has 1 saturated heterocycles. The molecule has 3 amide bonds. The van der Waals surface area contributed by atoms with Crippen molar-refractivity contribution < 1.29 is 19.4 Å². The highest BCUT2D eigenvalue weighted by molar-refractivity contribution is 5.78. The smallest absolute Gasteiger partial charge is 0.407 e. The molecule has 7 heteroatoms. The Morgan fingerprint density at radius 1 is 1.50 bits per heavy atom. The molecule has 0 aromatic rings. The predicted octanol–water partition coefficient (Wildman–Crippen LogP) is 0.0435. The molecule has 1 atom stereocenters. The monoisotopic (exact) mass is 257 g/mol. The van der Waals surface area contributed by atoms with E-state index >= 15 is 0 Å². The van der Waals surface area contributed by atoms with Gasteiger partial charge in [0.1, 0.15) is 5.60 Å². The van der Waals surface area contributed by atoms with Crippen LogP contribution in [0.5, 0.6) is 0 Å². The van der Waals surface area contributed by atoms with Crippen LogP contribution in [0.25, 0.3) is 0 Å². The minimum absolute atomic E-state index is 0.0882. The standard InChI is InChI=1S/C11H19N3O4/c1-10(2,3)18-9(17)12-6-4-11(5-6)7(15)13-8(16)14-11/h6-7,15H,4-5H2,1-3H3,(H,12,17)(H2,13,14,16). The van der Waals surface area contributed by atoms with Crippen molar-refractivity contribution in [1.82, 2.24) is 16.0 Å². The zero-order chi connectivity index (χ0) is 13.6. The lowest BCUT2D eigenvalue weighted by molar-refractivity contribution is 0.00340. The Kier molecular flexibility index (Phi) is 2.89. The average Bonchev–Trinajstić information content (AvgIpc) is 2.37. The number of rotatable bonds is 1. The maximum absolute atomic E-state index is 11.5. The van der Waals surface area contributed by atoms with E-state index in [0.717, 1.165) is 0 Å². The van der Waals surface area contributed by atoms with Gasteiger partial charge in [-0.2, -0.15) is 0 Å². The summed E-state index contributed by atoms with van der Waals surface area (Å²) >= 11 is 0. The van der Waals surface area contributed by atoms with Crippen molar-refractivity contribution in [3.05, 3.63) is 0 Å². The Balaban J connectivity index is 1.80. The summed E-state index contributed by atoms with van der Waals surface area (Å²) in [4.78, 5) is 22.6. The van der Waals surface area contributed by atoms with Crippen LogP contribution in [0.1, 0.15) is 33.6 Å². The minimum Gasteiger partial charge on any atom is -0.444 e. The third-order valence-electron chi connectivity index (χ3n) is 3.10. The molecular formula is C11H19N3O4. The summed E-state index contributed by atoms with van der Waals surface area (Å²) in [6.07, 6.45) is -0.394. The van der Waals surface area contributed by atoms with Crippen molar-refractivity contribution in [1.29, 1.82) is 0 Å². The van der Waals surface area contributed by atoms with Gasteiger partial charge in [0.05, 0.1) is 5.54 Å². The van der Waals surface area contributed by atoms with Gasteiger partial charge in [0.15, 0.2) is 6.23 Å². The van der Waals surface area contributed by atoms with Gasteiger partial charge in [-0.15, -0.1) is 0 Å². The van der Waals surface area contributed by atoms with E-state index in [0.29, 0.717) is 12.8 Å². The number of urea groups is 1. The second-order valence-corrected chi connectivity index (χ2v) is 5.91. The van der Waals surface area contributed by atoms with Crippen molar-refractivity contribution in [2.24, 2.45) is 0 Å². The number of carbonyl (C=O) groups excluding carboxylic acids is 2. The van der Waals surface area contributed by atoms with E-state index in [9.17, 15) is 14.7 Å². The van der Waals surface area contributed by atoms with Crippen LogP contribution in [-0.4, -0.2) is 40.6 Å². The minimum atomic E-state index is -0.901. The second-order valence-electron chi connectivity index (χ2n) is 5.91. The number of aliphatic hydroxyl groups is 1. The van der Waals surface area contributed by atoms with Crippen LogP contribution in [0, 0.1) is 0 Å². The fourth-order valence-electron chi connectivity index (χ4n) is 2.31. The lowest BCUT2D eigenvalue weighted by atomic mass is 9.72. The molecule has 2 aliphatic rings. The van der Waals surface area contributed by atoms with E-state index < -0.39 is 23.5 Å². The Labute approximate surface area is 105 Å². The summed E-state index contributed by atoms with van der Waals surface area (Å²) in [5.41, 5.74) is -1.18. The fourth-order valence-corrected chi connectivity index (χ4v) is 2.31. The highest BCUT2D eigenvalue weighted by Gasteiger charge is 2.55. The zero-order valence-electron chi connectivity index (χ0n) is 10.7. The van der Waals surface area contributed by atoms with Gasteiger partial charge in [0.25, 0.3) is 0 Å². The van der Waals surface area contributed by atoms with Crippen LogP contribution < -0.4 is 16.0 Å². The normalized spacial score (nSPS) is 34.6. The number of nitrogens with one attached hydrogen (secondary N) is 3. The number of hydrogen-bond acceptors (Lipinski definition) is 4. The van der Waals surface area contributed by atoms with Crippen LogP contribution in [0.2, 0.25) is 0 Å². The molecule has 4 N–H and O–H groups in total. The third-order valence-corrected chi connectivity index (χ3v) is 3.10. The van der Waals surface area contributed by atoms with Gasteiger partial charge in [0, 0.05) is 6.04 Å². The van der Waals surface area contributed by atoms with E-state index in [2.05, 4.69) is 16.0 Å². The number of aliphatic hydroxyl groups excluding tert-OH is 1. The first-order valence-corrected chi connectivity index (χ1v) is 5.96. The molecule has 1 saturated carbocycles. The lowest BCUT2D eigenvalue weighted by Gasteiger charge is -2.45. The molecular weight excluding hydrogens is 238 g/mol. The molecule has 0 aromatic heterocycles. The fraction of sp³-hybridized carbons (Fsp3) is 0.818. The summed E-state index contributed by atoms with van der Waals surface area (Å²) in [6.45, 7) is 5.37. The van der Waals surface area contributed by atoms with Gasteiger partial charge in [-0.1, -0.05) is 0 Å². The van der Waals surface area contributed by atoms with Crippen LogP contribution in [0.3, 0.4) is 0 Å². The third kappa shape index (κ3) is 2.50. The largest absolute Gasteiger partial charge is 0.444 e. The Morgan fingerprint density at radius 2 is 2.11 bits per heavy atom. The highest BCUT2D eigenvalue weighted by atomic mass is 16.6. The average molecular weight is 257 g/mol. The van der Waals surface area contributed by atoms with Gasteiger partial charge in [-0.05, 0) is 33.6 Å². The SMILES string of the molecule is CC(C)(C)OC(=O)NC1CC2(C1)NC(=O)NC2O. The van der Waals surface area contributed by atoms with Gasteiger partial charge in [0.2, 0.25) is 0 Å². The summed E-state index contributed by atoms with van der Waals surface area (Å²) in [7, 11) is 0. The number of ether oxygens (including phenoxy) is 1. The van der Waals surface area contributed by atoms with Crippen molar-refractivity contribution in [3.63, 3.8) is 0 Å². The molecule has 1 aliphatic carbocycles. The van der Waals surface area contributed by atoms with Gasteiger partial charge in [-0.25, -0.2) is 9.59 Å². The Morgan fingerprint density at radius 3 is 2.56 bits per heavy atom. The summed E-state index contributed by atoms with van der Waals surface area (Å²) in [6, 6.07) is -0.465. The first kappa shape index (κ1) is 12.9. The van der Waals surface area contributed by atoms with Crippen LogP contribution in [0.15, 0.2) is 0 Å². The van der Waals surface area contributed by atoms with Gasteiger partial charge < -0.3 is 25.8 Å². The van der Waals surface area contributed by atoms with Crippen molar-refractivity contribution >= 4 is 12.1 Å². The lowest BCUT2D eigenvalue weighted by Crippen LogP contribution is -2.65. The molecule has 0 radical (unpaired) electrons. The summed E-state index contributed by atoms with van der Waals surface area (Å²) in [5.74, 6) is 0. The molecule has 1 heterocycles. The molecule has 102 valence electrons. The van der Waals surface area contributed by atoms with E-state index in [1.165, 1.54) is 0 Å². The van der Waals surface area contributed by atoms with E-state index in [4.69, 9.17) is 4.74 Å². The van der Waals surface area contributed by atoms with Crippen molar-refractivity contribution in [3.8, 4) is 0 Å². The van der Waals surface area contributed by atoms with Crippen LogP contribution in [-0.2, 0) is 4.74 Å². The quantitative estimate of drug-likeness (QED) is 0.533. The van der Waals surface area contributed by atoms with E-state index in [1.54, 1.807) is 20.8 Å². The topological polar surface area (TPSA) is 99.7 Å². The van der Waals surface area contributed by atoms with Gasteiger partial charge >= 0.3 is 12.1 Å². The first-order chi connectivity index (χ1) is 8.20. The van der Waals surface area contributed by atoms with Crippen LogP contribution in [0.4, 0.5) is 9.59 Å². The predicted molar refractivity (Wildman–Crippen MR) is 62.8 cm³/mol. The van der Waals surface area contributed by atoms with E-state index in [-0.39, 0.29) is 12.1 Å². The number of amides is 3. The van der Waals surface area contributed by atoms with Gasteiger partial charge in [-0.3, -0.25) is 0 Å². The zero-order valence-corrected chi connectivity index (χ0v) is 10.7. The number of alkyl carbamates (subject to hydrolysis) is 1. The highest BCUT2D eigenvalue weighted by Crippen LogP contribution is 2.37. The number of hydrogen-bond donors (Lipinski definition) is 4. The first-order valence-electron chi connectivity index (χ1n) is 5.96. The maximum Gasteiger partial charge on any atom is 0.407 e. The second kappa shape index (κ2) is 4.01. The summed E-state index contributed by atoms with van der Waals surface area (Å²) < 4.78 is 5.13. The molecule has 1 spiro atoms. The summed E-state index contributed by atoms with van der Waals surface area (Å²) in [5, 5.41) is 17.4. The molecule has 1 aliphatic heterocycles. The molecule has 2 fully saturated rings. The Hall–Kier alpha value is -1.50. The van der Waals surface area contributed by atoms with Crippen LogP contribution >= 0.6 is 0 Å². The molecule has 1 unspecified atom stereocenters. The molecule has 2 rings (SSSR count).